The Kier molecular flexibility index (Phi) is 5.10. The van der Waals surface area contributed by atoms with Crippen molar-refractivity contribution in [3.05, 3.63) is 30.1 Å². The van der Waals surface area contributed by atoms with Crippen molar-refractivity contribution in [1.29, 1.82) is 0 Å². The lowest BCUT2D eigenvalue weighted by Gasteiger charge is -2.14. The van der Waals surface area contributed by atoms with Gasteiger partial charge in [0.25, 0.3) is 0 Å². The van der Waals surface area contributed by atoms with E-state index in [0.717, 1.165) is 6.07 Å². The number of aliphatic carboxylic acids is 1. The fourth-order valence-corrected chi connectivity index (χ4v) is 1.44. The molecule has 0 radical (unpaired) electrons. The number of nitrogens with one attached hydrogen (secondary N) is 2. The molecule has 0 bridgehead atoms. The van der Waals surface area contributed by atoms with Gasteiger partial charge in [0.15, 0.2) is 0 Å². The Bertz CT molecular complexity index is 437. The van der Waals surface area contributed by atoms with Crippen LogP contribution in [-0.2, 0) is 4.79 Å². The highest BCUT2D eigenvalue weighted by Crippen LogP contribution is 2.09. The lowest BCUT2D eigenvalue weighted by Crippen LogP contribution is -2.42. The molecule has 5 nitrogen and oxygen atoms in total. The largest absolute Gasteiger partial charge is 0.480 e. The molecular formula is C12H15FN2O3. The van der Waals surface area contributed by atoms with Crippen LogP contribution < -0.4 is 10.6 Å². The highest BCUT2D eigenvalue weighted by atomic mass is 19.1. The first-order valence-electron chi connectivity index (χ1n) is 5.58. The molecule has 0 aliphatic carbocycles. The predicted molar refractivity (Wildman–Crippen MR) is 64.9 cm³/mol. The van der Waals surface area contributed by atoms with E-state index in [-0.39, 0.29) is 5.69 Å². The Hall–Kier alpha value is -2.11. The number of hydrogen-bond acceptors (Lipinski definition) is 2. The van der Waals surface area contributed by atoms with E-state index < -0.39 is 23.9 Å². The van der Waals surface area contributed by atoms with Gasteiger partial charge >= 0.3 is 12.0 Å². The number of amides is 2. The minimum atomic E-state index is -1.09. The summed E-state index contributed by atoms with van der Waals surface area (Å²) >= 11 is 0. The first-order valence-corrected chi connectivity index (χ1v) is 5.58. The molecule has 1 rings (SSSR count). The smallest absolute Gasteiger partial charge is 0.326 e. The minimum absolute atomic E-state index is 0.271. The second-order valence-electron chi connectivity index (χ2n) is 3.79. The van der Waals surface area contributed by atoms with Crippen LogP contribution in [0.25, 0.3) is 0 Å². The molecule has 3 N–H and O–H groups in total. The lowest BCUT2D eigenvalue weighted by atomic mass is 10.2. The van der Waals surface area contributed by atoms with E-state index in [1.807, 2.05) is 6.92 Å². The lowest BCUT2D eigenvalue weighted by molar-refractivity contribution is -0.139. The number of urea groups is 1. The zero-order valence-electron chi connectivity index (χ0n) is 9.94. The number of hydrogen-bond donors (Lipinski definition) is 3. The summed E-state index contributed by atoms with van der Waals surface area (Å²) in [5, 5.41) is 13.5. The predicted octanol–water partition coefficient (Wildman–Crippen LogP) is 2.20. The number of benzene rings is 1. The maximum Gasteiger partial charge on any atom is 0.326 e. The normalized spacial score (nSPS) is 11.7. The van der Waals surface area contributed by atoms with Crippen molar-refractivity contribution in [2.24, 2.45) is 0 Å². The van der Waals surface area contributed by atoms with Crippen LogP contribution in [-0.4, -0.2) is 23.1 Å². The molecule has 0 spiro atoms. The fourth-order valence-electron chi connectivity index (χ4n) is 1.44. The van der Waals surface area contributed by atoms with Gasteiger partial charge in [0, 0.05) is 5.69 Å². The molecule has 1 aromatic carbocycles. The van der Waals surface area contributed by atoms with Crippen LogP contribution in [0, 0.1) is 5.82 Å². The van der Waals surface area contributed by atoms with Crippen LogP contribution in [0.15, 0.2) is 24.3 Å². The number of rotatable bonds is 5. The quantitative estimate of drug-likeness (QED) is 0.753. The second-order valence-corrected chi connectivity index (χ2v) is 3.79. The monoisotopic (exact) mass is 254 g/mol. The van der Waals surface area contributed by atoms with E-state index in [0.29, 0.717) is 12.8 Å². The topological polar surface area (TPSA) is 78.4 Å². The van der Waals surface area contributed by atoms with E-state index in [2.05, 4.69) is 10.6 Å². The summed E-state index contributed by atoms with van der Waals surface area (Å²) in [6, 6.07) is 3.75. The van der Waals surface area contributed by atoms with Gasteiger partial charge in [-0.05, 0) is 24.6 Å². The number of carboxylic acids is 1. The average molecular weight is 254 g/mol. The van der Waals surface area contributed by atoms with Crippen molar-refractivity contribution < 1.29 is 19.1 Å². The van der Waals surface area contributed by atoms with Gasteiger partial charge in [-0.1, -0.05) is 19.4 Å². The Morgan fingerprint density at radius 2 is 2.17 bits per heavy atom. The summed E-state index contributed by atoms with van der Waals surface area (Å²) in [4.78, 5) is 22.3. The molecule has 1 atom stereocenters. The first-order chi connectivity index (χ1) is 8.52. The maximum absolute atomic E-state index is 12.9. The van der Waals surface area contributed by atoms with Gasteiger partial charge in [0.2, 0.25) is 0 Å². The molecule has 1 aromatic rings. The van der Waals surface area contributed by atoms with Crippen molar-refractivity contribution in [3.8, 4) is 0 Å². The van der Waals surface area contributed by atoms with Crippen LogP contribution in [0.4, 0.5) is 14.9 Å². The molecule has 0 aromatic heterocycles. The Balaban J connectivity index is 2.57. The average Bonchev–Trinajstić information content (AvgIpc) is 2.28. The van der Waals surface area contributed by atoms with Crippen molar-refractivity contribution >= 4 is 17.7 Å². The first kappa shape index (κ1) is 14.0. The summed E-state index contributed by atoms with van der Waals surface area (Å²) in [5.41, 5.74) is 0.271. The summed E-state index contributed by atoms with van der Waals surface area (Å²) in [6.07, 6.45) is 0.975. The summed E-state index contributed by atoms with van der Waals surface area (Å²) in [5.74, 6) is -1.57. The summed E-state index contributed by atoms with van der Waals surface area (Å²) in [6.45, 7) is 1.82. The van der Waals surface area contributed by atoms with Crippen molar-refractivity contribution in [2.75, 3.05) is 5.32 Å². The molecule has 0 aliphatic rings. The van der Waals surface area contributed by atoms with Gasteiger partial charge < -0.3 is 15.7 Å². The molecule has 6 heteroatoms. The van der Waals surface area contributed by atoms with Gasteiger partial charge in [-0.3, -0.25) is 0 Å². The highest BCUT2D eigenvalue weighted by molar-refractivity contribution is 5.92. The fraction of sp³-hybridized carbons (Fsp3) is 0.333. The van der Waals surface area contributed by atoms with Gasteiger partial charge in [-0.25, -0.2) is 14.0 Å². The number of anilines is 1. The number of halogens is 1. The van der Waals surface area contributed by atoms with Gasteiger partial charge in [0.1, 0.15) is 11.9 Å². The molecule has 2 amide bonds. The second kappa shape index (κ2) is 6.58. The van der Waals surface area contributed by atoms with E-state index in [1.54, 1.807) is 0 Å². The minimum Gasteiger partial charge on any atom is -0.480 e. The third kappa shape index (κ3) is 4.40. The van der Waals surface area contributed by atoms with Gasteiger partial charge in [-0.15, -0.1) is 0 Å². The molecule has 1 unspecified atom stereocenters. The van der Waals surface area contributed by atoms with Crippen molar-refractivity contribution in [1.82, 2.24) is 5.32 Å². The molecular weight excluding hydrogens is 239 g/mol. The zero-order valence-corrected chi connectivity index (χ0v) is 9.94. The van der Waals surface area contributed by atoms with E-state index in [4.69, 9.17) is 5.11 Å². The molecule has 18 heavy (non-hydrogen) atoms. The summed E-state index contributed by atoms with van der Waals surface area (Å²) in [7, 11) is 0. The third-order valence-corrected chi connectivity index (χ3v) is 2.26. The number of carbonyl (C=O) groups is 2. The molecule has 0 heterocycles. The Morgan fingerprint density at radius 1 is 1.44 bits per heavy atom. The molecule has 0 fully saturated rings. The summed E-state index contributed by atoms with van der Waals surface area (Å²) < 4.78 is 12.9. The SMILES string of the molecule is CCCC(NC(=O)Nc1cccc(F)c1)C(=O)O. The highest BCUT2D eigenvalue weighted by Gasteiger charge is 2.18. The zero-order chi connectivity index (χ0) is 13.5. The standard InChI is InChI=1S/C12H15FN2O3/c1-2-4-10(11(16)17)15-12(18)14-9-6-3-5-8(13)7-9/h3,5-7,10H,2,4H2,1H3,(H,16,17)(H2,14,15,18). The van der Waals surface area contributed by atoms with Crippen molar-refractivity contribution in [2.45, 2.75) is 25.8 Å². The van der Waals surface area contributed by atoms with Crippen LogP contribution in [0.2, 0.25) is 0 Å². The Labute approximate surface area is 104 Å². The van der Waals surface area contributed by atoms with Crippen LogP contribution in [0.5, 0.6) is 0 Å². The Morgan fingerprint density at radius 3 is 2.72 bits per heavy atom. The van der Waals surface area contributed by atoms with E-state index in [1.165, 1.54) is 18.2 Å². The number of carboxylic acid groups (broad SMARTS) is 1. The van der Waals surface area contributed by atoms with Crippen LogP contribution >= 0.6 is 0 Å². The van der Waals surface area contributed by atoms with Gasteiger partial charge in [0.05, 0.1) is 0 Å². The molecule has 0 aliphatic heterocycles. The number of carbonyl (C=O) groups excluding carboxylic acids is 1. The molecule has 0 saturated carbocycles. The van der Waals surface area contributed by atoms with E-state index >= 15 is 0 Å². The van der Waals surface area contributed by atoms with Crippen molar-refractivity contribution in [3.63, 3.8) is 0 Å². The third-order valence-electron chi connectivity index (χ3n) is 2.26. The molecule has 98 valence electrons. The van der Waals surface area contributed by atoms with Gasteiger partial charge in [-0.2, -0.15) is 0 Å². The van der Waals surface area contributed by atoms with Crippen LogP contribution in [0.3, 0.4) is 0 Å². The van der Waals surface area contributed by atoms with E-state index in [9.17, 15) is 14.0 Å². The molecule has 0 saturated heterocycles. The van der Waals surface area contributed by atoms with Crippen LogP contribution in [0.1, 0.15) is 19.8 Å². The maximum atomic E-state index is 12.9.